The second kappa shape index (κ2) is 9.98. The van der Waals surface area contributed by atoms with Crippen LogP contribution in [0, 0.1) is 5.92 Å². The van der Waals surface area contributed by atoms with Crippen LogP contribution in [0.25, 0.3) is 0 Å². The Hall–Kier alpha value is -3.15. The molecule has 6 heteroatoms. The highest BCUT2D eigenvalue weighted by Crippen LogP contribution is 2.44. The highest BCUT2D eigenvalue weighted by atomic mass is 16.2. The number of aliphatic imine (C=N–C) groups is 1. The van der Waals surface area contributed by atoms with Gasteiger partial charge in [0.25, 0.3) is 5.91 Å². The number of guanidine groups is 1. The molecule has 0 unspecified atom stereocenters. The van der Waals surface area contributed by atoms with Gasteiger partial charge in [-0.3, -0.25) is 19.9 Å². The Morgan fingerprint density at radius 3 is 2.69 bits per heavy atom. The first-order valence-corrected chi connectivity index (χ1v) is 11.6. The second-order valence-corrected chi connectivity index (χ2v) is 9.10. The number of ketones is 1. The maximum atomic E-state index is 12.7. The molecule has 0 aromatic heterocycles. The predicted octanol–water partition coefficient (Wildman–Crippen LogP) is 5.01. The van der Waals surface area contributed by atoms with Gasteiger partial charge in [0.15, 0.2) is 11.7 Å². The third kappa shape index (κ3) is 5.75. The van der Waals surface area contributed by atoms with Crippen molar-refractivity contribution >= 4 is 29.0 Å². The smallest absolute Gasteiger partial charge is 0.257 e. The summed E-state index contributed by atoms with van der Waals surface area (Å²) >= 11 is 0. The largest absolute Gasteiger partial charge is 0.356 e. The molecule has 1 aliphatic carbocycles. The van der Waals surface area contributed by atoms with E-state index < -0.39 is 0 Å². The minimum Gasteiger partial charge on any atom is -0.356 e. The Kier molecular flexibility index (Phi) is 6.88. The van der Waals surface area contributed by atoms with Crippen LogP contribution in [0.5, 0.6) is 0 Å². The van der Waals surface area contributed by atoms with Gasteiger partial charge in [0.05, 0.1) is 0 Å². The van der Waals surface area contributed by atoms with Crippen molar-refractivity contribution in [1.82, 2.24) is 10.6 Å². The van der Waals surface area contributed by atoms with Crippen LogP contribution in [-0.4, -0.2) is 30.7 Å². The fourth-order valence-electron chi connectivity index (χ4n) is 3.84. The third-order valence-electron chi connectivity index (χ3n) is 5.87. The number of nitrogens with zero attached hydrogens (tertiary/aromatic N) is 1. The molecule has 1 fully saturated rings. The number of amides is 1. The molecule has 0 bridgehead atoms. The lowest BCUT2D eigenvalue weighted by Gasteiger charge is -2.17. The summed E-state index contributed by atoms with van der Waals surface area (Å²) in [5, 5.41) is 9.48. The standard InChI is InChI=1S/C26H32N4O2/c1-17(2)7-12-24(31)19-5-3-6-21(15-19)29-23-11-10-20(16-22(23)18-8-9-18)25(32)30-26-27-13-4-14-28-26/h3,5-6,10-11,15-18,29H,4,7-9,12-14H2,1-2H3,(H2,27,28,30,32). The van der Waals surface area contributed by atoms with Crippen molar-refractivity contribution in [2.75, 3.05) is 18.4 Å². The molecule has 1 heterocycles. The van der Waals surface area contributed by atoms with E-state index in [1.807, 2.05) is 42.5 Å². The molecule has 1 aliphatic heterocycles. The molecule has 2 aromatic carbocycles. The van der Waals surface area contributed by atoms with Crippen LogP contribution in [0.4, 0.5) is 11.4 Å². The van der Waals surface area contributed by atoms with E-state index in [-0.39, 0.29) is 11.7 Å². The Balaban J connectivity index is 1.49. The maximum absolute atomic E-state index is 12.7. The van der Waals surface area contributed by atoms with E-state index >= 15 is 0 Å². The van der Waals surface area contributed by atoms with Crippen LogP contribution >= 0.6 is 0 Å². The zero-order valence-electron chi connectivity index (χ0n) is 18.9. The van der Waals surface area contributed by atoms with E-state index in [0.29, 0.717) is 29.8 Å². The highest BCUT2D eigenvalue weighted by Gasteiger charge is 2.27. The molecule has 0 spiro atoms. The predicted molar refractivity (Wildman–Crippen MR) is 129 cm³/mol. The molecule has 0 radical (unpaired) electrons. The van der Waals surface area contributed by atoms with Crippen LogP contribution in [0.1, 0.15) is 78.1 Å². The first kappa shape index (κ1) is 22.1. The number of carbonyl (C=O) groups is 2. The van der Waals surface area contributed by atoms with Crippen LogP contribution < -0.4 is 16.0 Å². The topological polar surface area (TPSA) is 82.6 Å². The summed E-state index contributed by atoms with van der Waals surface area (Å²) in [5.74, 6) is 1.56. The minimum absolute atomic E-state index is 0.149. The molecule has 6 nitrogen and oxygen atoms in total. The average Bonchev–Trinajstić information content (AvgIpc) is 3.64. The monoisotopic (exact) mass is 432 g/mol. The Bertz CT molecular complexity index is 1020. The van der Waals surface area contributed by atoms with Gasteiger partial charge in [-0.1, -0.05) is 26.0 Å². The van der Waals surface area contributed by atoms with E-state index in [1.165, 1.54) is 0 Å². The lowest BCUT2D eigenvalue weighted by atomic mass is 10.0. The lowest BCUT2D eigenvalue weighted by molar-refractivity contribution is 0.0967. The van der Waals surface area contributed by atoms with Crippen LogP contribution in [0.3, 0.4) is 0 Å². The van der Waals surface area contributed by atoms with Crippen LogP contribution in [-0.2, 0) is 0 Å². The maximum Gasteiger partial charge on any atom is 0.257 e. The average molecular weight is 433 g/mol. The Morgan fingerprint density at radius 1 is 1.12 bits per heavy atom. The van der Waals surface area contributed by atoms with E-state index in [9.17, 15) is 9.59 Å². The molecule has 0 saturated heterocycles. The summed E-state index contributed by atoms with van der Waals surface area (Å²) < 4.78 is 0. The highest BCUT2D eigenvalue weighted by molar-refractivity contribution is 6.06. The molecular formula is C26H32N4O2. The third-order valence-corrected chi connectivity index (χ3v) is 5.87. The van der Waals surface area contributed by atoms with Gasteiger partial charge in [0, 0.05) is 42.0 Å². The molecule has 1 saturated carbocycles. The molecule has 2 aromatic rings. The normalized spacial score (nSPS) is 15.7. The molecule has 3 N–H and O–H groups in total. The number of nitrogens with one attached hydrogen (secondary N) is 3. The lowest BCUT2D eigenvalue weighted by Crippen LogP contribution is -2.43. The number of anilines is 2. The number of benzene rings is 2. The summed E-state index contributed by atoms with van der Waals surface area (Å²) in [4.78, 5) is 29.6. The van der Waals surface area contributed by atoms with Crippen molar-refractivity contribution in [3.8, 4) is 0 Å². The second-order valence-electron chi connectivity index (χ2n) is 9.10. The quantitative estimate of drug-likeness (QED) is 0.512. The molecule has 2 aliphatic rings. The van der Waals surface area contributed by atoms with Gasteiger partial charge in [-0.15, -0.1) is 0 Å². The molecule has 32 heavy (non-hydrogen) atoms. The molecule has 168 valence electrons. The van der Waals surface area contributed by atoms with Crippen molar-refractivity contribution in [2.45, 2.75) is 51.9 Å². The summed E-state index contributed by atoms with van der Waals surface area (Å²) in [6, 6.07) is 13.5. The van der Waals surface area contributed by atoms with Crippen molar-refractivity contribution in [1.29, 1.82) is 0 Å². The summed E-state index contributed by atoms with van der Waals surface area (Å²) in [7, 11) is 0. The number of hydrogen-bond acceptors (Lipinski definition) is 5. The SMILES string of the molecule is CC(C)CCC(=O)c1cccc(Nc2ccc(C(=O)NC3=NCCCN3)cc2C2CC2)c1. The van der Waals surface area contributed by atoms with Gasteiger partial charge in [-0.05, 0) is 73.4 Å². The molecule has 4 rings (SSSR count). The Labute approximate surface area is 189 Å². The van der Waals surface area contributed by atoms with Gasteiger partial charge in [0.2, 0.25) is 0 Å². The van der Waals surface area contributed by atoms with Crippen molar-refractivity contribution in [2.24, 2.45) is 10.9 Å². The zero-order valence-corrected chi connectivity index (χ0v) is 18.9. The van der Waals surface area contributed by atoms with Gasteiger partial charge in [-0.25, -0.2) is 0 Å². The zero-order chi connectivity index (χ0) is 22.5. The van der Waals surface area contributed by atoms with E-state index in [0.717, 1.165) is 61.3 Å². The van der Waals surface area contributed by atoms with Crippen LogP contribution in [0.2, 0.25) is 0 Å². The number of hydrogen-bond donors (Lipinski definition) is 3. The van der Waals surface area contributed by atoms with E-state index in [4.69, 9.17) is 0 Å². The van der Waals surface area contributed by atoms with Crippen molar-refractivity contribution < 1.29 is 9.59 Å². The molecule has 0 atom stereocenters. The summed E-state index contributed by atoms with van der Waals surface area (Å²) in [6.45, 7) is 5.83. The van der Waals surface area contributed by atoms with Crippen molar-refractivity contribution in [3.05, 3.63) is 59.2 Å². The number of Topliss-reactive ketones (excluding diaryl/α,β-unsaturated/α-hetero) is 1. The summed E-state index contributed by atoms with van der Waals surface area (Å²) in [6.07, 6.45) is 4.70. The minimum atomic E-state index is -0.149. The van der Waals surface area contributed by atoms with Crippen LogP contribution in [0.15, 0.2) is 47.5 Å². The fraction of sp³-hybridized carbons (Fsp3) is 0.423. The number of rotatable bonds is 8. The fourth-order valence-corrected chi connectivity index (χ4v) is 3.84. The molecular weight excluding hydrogens is 400 g/mol. The molecule has 1 amide bonds. The first-order chi connectivity index (χ1) is 15.5. The number of carbonyl (C=O) groups excluding carboxylic acids is 2. The van der Waals surface area contributed by atoms with E-state index in [1.54, 1.807) is 0 Å². The van der Waals surface area contributed by atoms with Gasteiger partial charge in [-0.2, -0.15) is 0 Å². The van der Waals surface area contributed by atoms with Gasteiger partial charge in [0.1, 0.15) is 0 Å². The van der Waals surface area contributed by atoms with E-state index in [2.05, 4.69) is 34.8 Å². The Morgan fingerprint density at radius 2 is 1.97 bits per heavy atom. The van der Waals surface area contributed by atoms with Gasteiger partial charge >= 0.3 is 0 Å². The van der Waals surface area contributed by atoms with Crippen molar-refractivity contribution in [3.63, 3.8) is 0 Å². The first-order valence-electron chi connectivity index (χ1n) is 11.6. The van der Waals surface area contributed by atoms with Gasteiger partial charge < -0.3 is 10.6 Å². The summed E-state index contributed by atoms with van der Waals surface area (Å²) in [5.41, 5.74) is 4.39.